The fraction of sp³-hybridized carbons (Fsp3) is 0. The van der Waals surface area contributed by atoms with Crippen molar-refractivity contribution in [1.29, 1.82) is 0 Å². The topological polar surface area (TPSA) is 51.6 Å². The van der Waals surface area contributed by atoms with Crippen LogP contribution in [0.1, 0.15) is 0 Å². The molecule has 122 valence electrons. The number of hydrogen-bond donors (Lipinski definition) is 0. The molecule has 0 saturated heterocycles. The third-order valence-corrected chi connectivity index (χ3v) is 2.05. The summed E-state index contributed by atoms with van der Waals surface area (Å²) in [5.74, 6) is 0. The second kappa shape index (κ2) is 19.3. The van der Waals surface area contributed by atoms with E-state index in [0.717, 1.165) is 0 Å². The van der Waals surface area contributed by atoms with Crippen LogP contribution >= 0.6 is 0 Å². The Morgan fingerprint density at radius 2 is 0.480 bits per heavy atom. The molecule has 5 heteroatoms. The van der Waals surface area contributed by atoms with Gasteiger partial charge in [-0.2, -0.15) is 72.8 Å². The molecule has 0 atom stereocenters. The zero-order valence-corrected chi connectivity index (χ0v) is 16.7. The maximum atomic E-state index is 3.75. The number of rotatable bonds is 0. The van der Waals surface area contributed by atoms with Crippen LogP contribution in [-0.2, 0) is 19.5 Å². The first-order valence-corrected chi connectivity index (χ1v) is 7.04. The van der Waals surface area contributed by atoms with Gasteiger partial charge in [0, 0.05) is 19.5 Å². The Morgan fingerprint density at radius 1 is 0.320 bits per heavy atom. The van der Waals surface area contributed by atoms with E-state index >= 15 is 0 Å². The Morgan fingerprint density at radius 3 is 0.520 bits per heavy atom. The molecule has 0 saturated carbocycles. The van der Waals surface area contributed by atoms with Crippen molar-refractivity contribution in [3.63, 3.8) is 0 Å². The normalized spacial score (nSPS) is 7.68. The van der Waals surface area contributed by atoms with Gasteiger partial charge in [0.25, 0.3) is 0 Å². The summed E-state index contributed by atoms with van der Waals surface area (Å²) in [6.45, 7) is 0. The minimum absolute atomic E-state index is 0. The molecular weight excluding hydrogens is 362 g/mol. The molecule has 4 rings (SSSR count). The van der Waals surface area contributed by atoms with Crippen molar-refractivity contribution >= 4 is 0 Å². The fourth-order valence-corrected chi connectivity index (χ4v) is 1.11. The van der Waals surface area contributed by atoms with Gasteiger partial charge in [0.1, 0.15) is 0 Å². The van der Waals surface area contributed by atoms with Gasteiger partial charge >= 0.3 is 0 Å². The molecule has 4 aromatic rings. The summed E-state index contributed by atoms with van der Waals surface area (Å²) in [6.07, 6.45) is 13.6. The maximum Gasteiger partial charge on any atom is 0 e. The van der Waals surface area contributed by atoms with Crippen molar-refractivity contribution in [3.8, 4) is 0 Å². The van der Waals surface area contributed by atoms with Crippen LogP contribution in [0.25, 0.3) is 0 Å². The summed E-state index contributed by atoms with van der Waals surface area (Å²) < 4.78 is 0. The molecular formula is C20H16N4Zn-4. The smallest absolute Gasteiger partial charge is 0 e. The monoisotopic (exact) mass is 376 g/mol. The van der Waals surface area contributed by atoms with E-state index in [1.165, 1.54) is 0 Å². The molecule has 0 aliphatic rings. The Balaban J connectivity index is 0.000000303. The second-order valence-electron chi connectivity index (χ2n) is 3.79. The third-order valence-electron chi connectivity index (χ3n) is 2.05. The van der Waals surface area contributed by atoms with Crippen molar-refractivity contribution in [1.82, 2.24) is 19.9 Å². The van der Waals surface area contributed by atoms with Gasteiger partial charge in [0.2, 0.25) is 0 Å². The van der Waals surface area contributed by atoms with Gasteiger partial charge in [-0.05, 0) is 0 Å². The van der Waals surface area contributed by atoms with E-state index in [9.17, 15) is 0 Å². The molecule has 0 unspecified atom stereocenters. The van der Waals surface area contributed by atoms with Gasteiger partial charge in [-0.25, -0.2) is 0 Å². The number of hydrogen-bond acceptors (Lipinski definition) is 4. The molecule has 0 N–H and O–H groups in total. The van der Waals surface area contributed by atoms with E-state index in [-0.39, 0.29) is 19.5 Å². The average molecular weight is 378 g/mol. The van der Waals surface area contributed by atoms with Crippen LogP contribution < -0.4 is 0 Å². The van der Waals surface area contributed by atoms with Gasteiger partial charge in [0.15, 0.2) is 0 Å². The van der Waals surface area contributed by atoms with Gasteiger partial charge in [-0.3, -0.25) is 0 Å². The predicted octanol–water partition coefficient (Wildman–Crippen LogP) is 3.52. The molecule has 0 aliphatic heterocycles. The summed E-state index contributed by atoms with van der Waals surface area (Å²) in [6, 6.07) is 25.4. The second-order valence-corrected chi connectivity index (χ2v) is 3.79. The zero-order chi connectivity index (χ0) is 17.0. The van der Waals surface area contributed by atoms with Crippen molar-refractivity contribution < 1.29 is 19.5 Å². The van der Waals surface area contributed by atoms with Crippen molar-refractivity contribution in [2.24, 2.45) is 0 Å². The van der Waals surface area contributed by atoms with E-state index in [2.05, 4.69) is 44.2 Å². The average Bonchev–Trinajstić information content (AvgIpc) is 2.75. The van der Waals surface area contributed by atoms with E-state index in [1.807, 2.05) is 0 Å². The standard InChI is InChI=1S/4C5H4N.Zn/c4*1-2-4-6-5-3-1;/h4*2-5H;/q4*-1;. The Kier molecular flexibility index (Phi) is 17.1. The van der Waals surface area contributed by atoms with Crippen LogP contribution in [0.2, 0.25) is 0 Å². The molecule has 4 nitrogen and oxygen atoms in total. The molecule has 0 amide bonds. The summed E-state index contributed by atoms with van der Waals surface area (Å²) in [7, 11) is 0. The molecule has 0 aliphatic carbocycles. The molecule has 4 aromatic heterocycles. The Bertz CT molecular complexity index is 436. The SMILES string of the molecule is [Zn].[c-]1ccncc1.[c-]1ccncc1.[c-]1ccncc1.[c-]1ccncc1. The van der Waals surface area contributed by atoms with Crippen LogP contribution in [0.5, 0.6) is 0 Å². The molecule has 4 heterocycles. The Hall–Kier alpha value is -2.78. The first kappa shape index (κ1) is 22.2. The van der Waals surface area contributed by atoms with Crippen LogP contribution in [0, 0.1) is 24.3 Å². The number of aromatic nitrogens is 4. The quantitative estimate of drug-likeness (QED) is 0.347. The first-order chi connectivity index (χ1) is 12.0. The zero-order valence-electron chi connectivity index (χ0n) is 13.7. The van der Waals surface area contributed by atoms with E-state index in [1.54, 1.807) is 98.1 Å². The van der Waals surface area contributed by atoms with Crippen LogP contribution in [0.4, 0.5) is 0 Å². The number of pyridine rings is 4. The van der Waals surface area contributed by atoms with Gasteiger partial charge < -0.3 is 19.9 Å². The molecule has 0 fully saturated rings. The van der Waals surface area contributed by atoms with E-state index < -0.39 is 0 Å². The van der Waals surface area contributed by atoms with Gasteiger partial charge in [-0.15, -0.1) is 0 Å². The summed E-state index contributed by atoms with van der Waals surface area (Å²) in [5, 5.41) is 0. The molecule has 0 aromatic carbocycles. The summed E-state index contributed by atoms with van der Waals surface area (Å²) in [5.41, 5.74) is 0. The van der Waals surface area contributed by atoms with Crippen molar-refractivity contribution in [3.05, 3.63) is 122 Å². The minimum Gasteiger partial charge on any atom is -0.391 e. The van der Waals surface area contributed by atoms with Crippen molar-refractivity contribution in [2.75, 3.05) is 0 Å². The third kappa shape index (κ3) is 17.4. The summed E-state index contributed by atoms with van der Waals surface area (Å²) >= 11 is 0. The van der Waals surface area contributed by atoms with Crippen LogP contribution in [-0.4, -0.2) is 19.9 Å². The summed E-state index contributed by atoms with van der Waals surface area (Å²) in [4.78, 5) is 15.0. The van der Waals surface area contributed by atoms with Crippen LogP contribution in [0.3, 0.4) is 0 Å². The number of nitrogens with zero attached hydrogens (tertiary/aromatic N) is 4. The first-order valence-electron chi connectivity index (χ1n) is 7.04. The van der Waals surface area contributed by atoms with Crippen LogP contribution in [0.15, 0.2) is 98.1 Å². The molecule has 0 spiro atoms. The molecule has 0 bridgehead atoms. The largest absolute Gasteiger partial charge is 0.391 e. The van der Waals surface area contributed by atoms with Crippen molar-refractivity contribution in [2.45, 2.75) is 0 Å². The fourth-order valence-electron chi connectivity index (χ4n) is 1.11. The predicted molar refractivity (Wildman–Crippen MR) is 92.3 cm³/mol. The Labute approximate surface area is 161 Å². The van der Waals surface area contributed by atoms with Gasteiger partial charge in [-0.1, -0.05) is 49.6 Å². The van der Waals surface area contributed by atoms with E-state index in [4.69, 9.17) is 0 Å². The maximum absolute atomic E-state index is 3.75. The molecule has 0 radical (unpaired) electrons. The molecule has 25 heavy (non-hydrogen) atoms. The van der Waals surface area contributed by atoms with Gasteiger partial charge in [0.05, 0.1) is 0 Å². The van der Waals surface area contributed by atoms with E-state index in [0.29, 0.717) is 0 Å². The minimum atomic E-state index is 0.